The van der Waals surface area contributed by atoms with Crippen LogP contribution >= 0.6 is 0 Å². The molecular weight excluding hydrogens is 348 g/mol. The summed E-state index contributed by atoms with van der Waals surface area (Å²) in [5, 5.41) is 12.7. The zero-order valence-corrected chi connectivity index (χ0v) is 15.8. The number of likely N-dealkylation sites (tertiary alicyclic amines) is 1. The highest BCUT2D eigenvalue weighted by Gasteiger charge is 2.55. The van der Waals surface area contributed by atoms with Gasteiger partial charge in [0.25, 0.3) is 0 Å². The first kappa shape index (κ1) is 17.9. The molecule has 0 aromatic heterocycles. The highest BCUT2D eigenvalue weighted by Crippen LogP contribution is 2.48. The fourth-order valence-corrected chi connectivity index (χ4v) is 4.62. The van der Waals surface area contributed by atoms with Gasteiger partial charge in [0.2, 0.25) is 6.79 Å². The van der Waals surface area contributed by atoms with Crippen molar-refractivity contribution in [2.45, 2.75) is 38.5 Å². The second-order valence-corrected chi connectivity index (χ2v) is 8.54. The number of hydrogen-bond acceptors (Lipinski definition) is 4. The molecule has 146 valence electrons. The molecule has 1 aromatic carbocycles. The number of rotatable bonds is 4. The molecule has 2 amide bonds. The third kappa shape index (κ3) is 2.99. The lowest BCUT2D eigenvalue weighted by atomic mass is 9.81. The summed E-state index contributed by atoms with van der Waals surface area (Å²) in [4.78, 5) is 26.1. The van der Waals surface area contributed by atoms with Crippen molar-refractivity contribution in [1.29, 1.82) is 0 Å². The van der Waals surface area contributed by atoms with Crippen LogP contribution in [-0.4, -0.2) is 48.4 Å². The lowest BCUT2D eigenvalue weighted by molar-refractivity contribution is -0.149. The van der Waals surface area contributed by atoms with Gasteiger partial charge in [-0.15, -0.1) is 0 Å². The Labute approximate surface area is 158 Å². The molecule has 2 atom stereocenters. The number of carbonyl (C=O) groups is 2. The van der Waals surface area contributed by atoms with E-state index < -0.39 is 11.4 Å². The Balaban J connectivity index is 1.40. The van der Waals surface area contributed by atoms with Crippen molar-refractivity contribution in [1.82, 2.24) is 10.2 Å². The second kappa shape index (κ2) is 6.32. The number of carboxylic acid groups (broad SMARTS) is 1. The van der Waals surface area contributed by atoms with Gasteiger partial charge < -0.3 is 24.8 Å². The minimum atomic E-state index is -0.763. The number of nitrogens with zero attached hydrogens (tertiary/aromatic N) is 1. The van der Waals surface area contributed by atoms with Crippen molar-refractivity contribution in [3.8, 4) is 11.5 Å². The molecular formula is C20H26N2O5. The van der Waals surface area contributed by atoms with Crippen molar-refractivity contribution in [3.63, 3.8) is 0 Å². The molecule has 7 nitrogen and oxygen atoms in total. The SMILES string of the molecule is CC(C)(CNC(=O)N1C[C@@H]2CCC[C@@]2(C(=O)O)C1)c1ccc2c(c1)OCO2. The highest BCUT2D eigenvalue weighted by molar-refractivity contribution is 5.80. The molecule has 2 heterocycles. The normalized spacial score (nSPS) is 26.1. The van der Waals surface area contributed by atoms with Gasteiger partial charge in [0.15, 0.2) is 11.5 Å². The van der Waals surface area contributed by atoms with Crippen molar-refractivity contribution in [3.05, 3.63) is 23.8 Å². The smallest absolute Gasteiger partial charge is 0.317 e. The summed E-state index contributed by atoms with van der Waals surface area (Å²) in [5.41, 5.74) is 0.00770. The summed E-state index contributed by atoms with van der Waals surface area (Å²) in [6, 6.07) is 5.64. The van der Waals surface area contributed by atoms with Gasteiger partial charge in [-0.1, -0.05) is 26.3 Å². The zero-order chi connectivity index (χ0) is 19.2. The van der Waals surface area contributed by atoms with Gasteiger partial charge >= 0.3 is 12.0 Å². The summed E-state index contributed by atoms with van der Waals surface area (Å²) in [5.74, 6) is 0.771. The minimum absolute atomic E-state index is 0.0719. The number of amides is 2. The lowest BCUT2D eigenvalue weighted by Crippen LogP contribution is -2.45. The second-order valence-electron chi connectivity index (χ2n) is 8.54. The maximum absolute atomic E-state index is 12.7. The Bertz CT molecular complexity index is 778. The monoisotopic (exact) mass is 374 g/mol. The number of benzene rings is 1. The molecule has 2 aliphatic heterocycles. The van der Waals surface area contributed by atoms with Gasteiger partial charge in [-0.2, -0.15) is 0 Å². The number of urea groups is 1. The first-order chi connectivity index (χ1) is 12.8. The minimum Gasteiger partial charge on any atom is -0.481 e. The summed E-state index contributed by atoms with van der Waals surface area (Å²) < 4.78 is 10.8. The number of ether oxygens (including phenoxy) is 2. The van der Waals surface area contributed by atoms with Crippen LogP contribution in [0.1, 0.15) is 38.7 Å². The molecule has 2 fully saturated rings. The first-order valence-electron chi connectivity index (χ1n) is 9.48. The van der Waals surface area contributed by atoms with Crippen LogP contribution in [0.3, 0.4) is 0 Å². The average Bonchev–Trinajstić information content (AvgIpc) is 3.32. The quantitative estimate of drug-likeness (QED) is 0.846. The van der Waals surface area contributed by atoms with Crippen LogP contribution in [0.2, 0.25) is 0 Å². The van der Waals surface area contributed by atoms with Crippen molar-refractivity contribution in [2.24, 2.45) is 11.3 Å². The van der Waals surface area contributed by atoms with Crippen molar-refractivity contribution >= 4 is 12.0 Å². The predicted molar refractivity (Wildman–Crippen MR) is 98.0 cm³/mol. The first-order valence-corrected chi connectivity index (χ1v) is 9.48. The number of fused-ring (bicyclic) bond motifs is 2. The van der Waals surface area contributed by atoms with Gasteiger partial charge in [0.1, 0.15) is 0 Å². The largest absolute Gasteiger partial charge is 0.481 e. The molecule has 7 heteroatoms. The fourth-order valence-electron chi connectivity index (χ4n) is 4.62. The summed E-state index contributed by atoms with van der Waals surface area (Å²) in [7, 11) is 0. The molecule has 1 aromatic rings. The fraction of sp³-hybridized carbons (Fsp3) is 0.600. The Hall–Kier alpha value is -2.44. The third-order valence-corrected chi connectivity index (χ3v) is 6.42. The van der Waals surface area contributed by atoms with E-state index in [2.05, 4.69) is 19.2 Å². The number of hydrogen-bond donors (Lipinski definition) is 2. The number of nitrogens with one attached hydrogen (secondary N) is 1. The van der Waals surface area contributed by atoms with E-state index in [4.69, 9.17) is 9.47 Å². The lowest BCUT2D eigenvalue weighted by Gasteiger charge is -2.28. The Morgan fingerprint density at radius 1 is 1.33 bits per heavy atom. The maximum Gasteiger partial charge on any atom is 0.317 e. The van der Waals surface area contributed by atoms with E-state index in [1.54, 1.807) is 4.90 Å². The van der Waals surface area contributed by atoms with Crippen molar-refractivity contribution in [2.75, 3.05) is 26.4 Å². The molecule has 3 aliphatic rings. The van der Waals surface area contributed by atoms with E-state index in [9.17, 15) is 14.7 Å². The van der Waals surface area contributed by atoms with Crippen LogP contribution in [0.4, 0.5) is 4.79 Å². The van der Waals surface area contributed by atoms with Gasteiger partial charge in [0.05, 0.1) is 5.41 Å². The summed E-state index contributed by atoms with van der Waals surface area (Å²) in [6.45, 7) is 5.64. The van der Waals surface area contributed by atoms with Gasteiger partial charge in [-0.3, -0.25) is 4.79 Å². The van der Waals surface area contributed by atoms with Crippen LogP contribution in [-0.2, 0) is 10.2 Å². The number of carbonyl (C=O) groups excluding carboxylic acids is 1. The molecule has 27 heavy (non-hydrogen) atoms. The summed E-state index contributed by atoms with van der Waals surface area (Å²) >= 11 is 0. The summed E-state index contributed by atoms with van der Waals surface area (Å²) in [6.07, 6.45) is 2.49. The molecule has 0 bridgehead atoms. The van der Waals surface area contributed by atoms with E-state index in [0.717, 1.165) is 29.9 Å². The molecule has 1 aliphatic carbocycles. The van der Waals surface area contributed by atoms with E-state index in [1.807, 2.05) is 18.2 Å². The standard InChI is InChI=1S/C20H26N2O5/c1-19(2,13-5-6-15-16(8-13)27-12-26-15)10-21-18(25)22-9-14-4-3-7-20(14,11-22)17(23)24/h5-6,8,14H,3-4,7,9-12H2,1-2H3,(H,21,25)(H,23,24)/t14-,20+/m0/s1. The zero-order valence-electron chi connectivity index (χ0n) is 15.8. The van der Waals surface area contributed by atoms with E-state index in [0.29, 0.717) is 26.1 Å². The van der Waals surface area contributed by atoms with Gasteiger partial charge in [-0.05, 0) is 36.5 Å². The third-order valence-electron chi connectivity index (χ3n) is 6.42. The van der Waals surface area contributed by atoms with Crippen molar-refractivity contribution < 1.29 is 24.2 Å². The van der Waals surface area contributed by atoms with Crippen LogP contribution < -0.4 is 14.8 Å². The van der Waals surface area contributed by atoms with E-state index in [-0.39, 0.29) is 24.2 Å². The molecule has 0 unspecified atom stereocenters. The average molecular weight is 374 g/mol. The Morgan fingerprint density at radius 3 is 2.85 bits per heavy atom. The Morgan fingerprint density at radius 2 is 2.11 bits per heavy atom. The molecule has 1 saturated carbocycles. The molecule has 1 saturated heterocycles. The van der Waals surface area contributed by atoms with Crippen LogP contribution in [0.15, 0.2) is 18.2 Å². The van der Waals surface area contributed by atoms with Crippen LogP contribution in [0.25, 0.3) is 0 Å². The van der Waals surface area contributed by atoms with E-state index in [1.165, 1.54) is 0 Å². The van der Waals surface area contributed by atoms with Crippen LogP contribution in [0, 0.1) is 11.3 Å². The van der Waals surface area contributed by atoms with Gasteiger partial charge in [-0.25, -0.2) is 4.79 Å². The molecule has 0 radical (unpaired) electrons. The molecule has 2 N–H and O–H groups in total. The number of carboxylic acids is 1. The number of aliphatic carboxylic acids is 1. The van der Waals surface area contributed by atoms with Gasteiger partial charge in [0, 0.05) is 25.0 Å². The van der Waals surface area contributed by atoms with E-state index >= 15 is 0 Å². The Kier molecular flexibility index (Phi) is 4.20. The molecule has 0 spiro atoms. The molecule has 4 rings (SSSR count). The maximum atomic E-state index is 12.7. The topological polar surface area (TPSA) is 88.1 Å². The predicted octanol–water partition coefficient (Wildman–Crippen LogP) is 2.59. The van der Waals surface area contributed by atoms with Crippen LogP contribution in [0.5, 0.6) is 11.5 Å². The highest BCUT2D eigenvalue weighted by atomic mass is 16.7.